The van der Waals surface area contributed by atoms with E-state index >= 15 is 0 Å². The number of hydrogen-bond donors (Lipinski definition) is 3. The fraction of sp³-hybridized carbons (Fsp3) is 0.0811. The average molecular weight is 560 g/mol. The Balaban J connectivity index is 1.15. The SMILES string of the molecule is c1ccc(C2N=C(c3cccc(-c4ccc5ccc6c(c5c4)OC(c4ccccc4)N6)n3)NC(c3ccccc3)N2)cc1. The molecule has 0 aliphatic carbocycles. The summed E-state index contributed by atoms with van der Waals surface area (Å²) in [5.74, 6) is 1.62. The smallest absolute Gasteiger partial charge is 0.196 e. The van der Waals surface area contributed by atoms with Crippen molar-refractivity contribution >= 4 is 22.3 Å². The van der Waals surface area contributed by atoms with Crippen LogP contribution in [0.4, 0.5) is 5.69 Å². The molecule has 0 spiro atoms. The van der Waals surface area contributed by atoms with Crippen LogP contribution in [0.2, 0.25) is 0 Å². The second-order valence-corrected chi connectivity index (χ2v) is 10.8. The number of fused-ring (bicyclic) bond motifs is 3. The summed E-state index contributed by atoms with van der Waals surface area (Å²) in [4.78, 5) is 10.2. The van der Waals surface area contributed by atoms with Gasteiger partial charge in [-0.25, -0.2) is 9.98 Å². The molecule has 3 atom stereocenters. The number of nitrogens with one attached hydrogen (secondary N) is 3. The minimum Gasteiger partial charge on any atom is -0.464 e. The van der Waals surface area contributed by atoms with Crippen molar-refractivity contribution in [3.05, 3.63) is 162 Å². The normalized spacial score (nSPS) is 19.1. The molecule has 43 heavy (non-hydrogen) atoms. The summed E-state index contributed by atoms with van der Waals surface area (Å²) in [6.07, 6.45) is -0.542. The van der Waals surface area contributed by atoms with E-state index in [0.717, 1.165) is 61.7 Å². The second-order valence-electron chi connectivity index (χ2n) is 10.8. The van der Waals surface area contributed by atoms with Crippen LogP contribution in [0.5, 0.6) is 5.75 Å². The number of aromatic nitrogens is 1. The van der Waals surface area contributed by atoms with Crippen molar-refractivity contribution in [1.82, 2.24) is 15.6 Å². The molecule has 3 N–H and O–H groups in total. The van der Waals surface area contributed by atoms with Crippen molar-refractivity contribution in [1.29, 1.82) is 0 Å². The molecule has 0 saturated carbocycles. The summed E-state index contributed by atoms with van der Waals surface area (Å²) in [7, 11) is 0. The van der Waals surface area contributed by atoms with Crippen molar-refractivity contribution in [2.45, 2.75) is 18.6 Å². The van der Waals surface area contributed by atoms with Crippen LogP contribution in [0.1, 0.15) is 40.9 Å². The van der Waals surface area contributed by atoms with Crippen molar-refractivity contribution in [2.75, 3.05) is 5.32 Å². The van der Waals surface area contributed by atoms with Gasteiger partial charge in [0.15, 0.2) is 17.8 Å². The first-order valence-electron chi connectivity index (χ1n) is 14.5. The third-order valence-electron chi connectivity index (χ3n) is 8.00. The van der Waals surface area contributed by atoms with E-state index in [1.165, 1.54) is 0 Å². The van der Waals surface area contributed by atoms with Gasteiger partial charge in [0.1, 0.15) is 18.0 Å². The van der Waals surface area contributed by atoms with Gasteiger partial charge in [-0.3, -0.25) is 5.32 Å². The van der Waals surface area contributed by atoms with Crippen LogP contribution in [-0.4, -0.2) is 10.8 Å². The molecule has 0 bridgehead atoms. The molecular weight excluding hydrogens is 530 g/mol. The molecule has 2 aliphatic rings. The predicted molar refractivity (Wildman–Crippen MR) is 172 cm³/mol. The van der Waals surface area contributed by atoms with E-state index in [9.17, 15) is 0 Å². The van der Waals surface area contributed by atoms with Gasteiger partial charge in [0.2, 0.25) is 0 Å². The van der Waals surface area contributed by atoms with Crippen LogP contribution < -0.4 is 20.7 Å². The molecule has 6 aromatic rings. The predicted octanol–water partition coefficient (Wildman–Crippen LogP) is 7.74. The molecule has 208 valence electrons. The number of anilines is 1. The Morgan fingerprint density at radius 3 is 2.02 bits per heavy atom. The zero-order valence-electron chi connectivity index (χ0n) is 23.3. The van der Waals surface area contributed by atoms with Crippen molar-refractivity contribution in [3.8, 4) is 17.0 Å². The maximum atomic E-state index is 6.46. The Labute approximate surface area is 250 Å². The molecule has 6 nitrogen and oxygen atoms in total. The number of benzene rings is 5. The van der Waals surface area contributed by atoms with Crippen LogP contribution >= 0.6 is 0 Å². The Morgan fingerprint density at radius 1 is 0.581 bits per heavy atom. The summed E-state index contributed by atoms with van der Waals surface area (Å²) < 4.78 is 6.46. The summed E-state index contributed by atoms with van der Waals surface area (Å²) in [6.45, 7) is 0. The van der Waals surface area contributed by atoms with E-state index in [4.69, 9.17) is 14.7 Å². The summed E-state index contributed by atoms with van der Waals surface area (Å²) in [5, 5.41) is 12.9. The number of rotatable bonds is 5. The van der Waals surface area contributed by atoms with Gasteiger partial charge in [-0.1, -0.05) is 115 Å². The monoisotopic (exact) mass is 559 g/mol. The van der Waals surface area contributed by atoms with Crippen LogP contribution in [0.3, 0.4) is 0 Å². The van der Waals surface area contributed by atoms with E-state index in [0.29, 0.717) is 0 Å². The topological polar surface area (TPSA) is 70.6 Å². The molecule has 3 heterocycles. The van der Waals surface area contributed by atoms with E-state index in [1.807, 2.05) is 60.7 Å². The van der Waals surface area contributed by atoms with Gasteiger partial charge in [-0.2, -0.15) is 0 Å². The molecule has 3 unspecified atom stereocenters. The van der Waals surface area contributed by atoms with Crippen molar-refractivity contribution in [2.24, 2.45) is 4.99 Å². The highest BCUT2D eigenvalue weighted by Crippen LogP contribution is 2.44. The average Bonchev–Trinajstić information content (AvgIpc) is 3.54. The van der Waals surface area contributed by atoms with Crippen LogP contribution in [-0.2, 0) is 0 Å². The molecule has 0 radical (unpaired) electrons. The number of nitrogens with zero attached hydrogens (tertiary/aromatic N) is 2. The van der Waals surface area contributed by atoms with Gasteiger partial charge in [0.05, 0.1) is 11.4 Å². The molecular formula is C37H29N5O. The Bertz CT molecular complexity index is 1940. The van der Waals surface area contributed by atoms with Crippen LogP contribution in [0, 0.1) is 0 Å². The highest BCUT2D eigenvalue weighted by Gasteiger charge is 2.27. The lowest BCUT2D eigenvalue weighted by molar-refractivity contribution is 0.262. The summed E-state index contributed by atoms with van der Waals surface area (Å²) >= 11 is 0. The highest BCUT2D eigenvalue weighted by atomic mass is 16.5. The van der Waals surface area contributed by atoms with Crippen LogP contribution in [0.25, 0.3) is 22.0 Å². The number of ether oxygens (including phenoxy) is 1. The number of hydrogen-bond acceptors (Lipinski definition) is 6. The Hall–Kier alpha value is -5.46. The second kappa shape index (κ2) is 10.7. The van der Waals surface area contributed by atoms with Gasteiger partial charge in [0, 0.05) is 16.5 Å². The quantitative estimate of drug-likeness (QED) is 0.202. The molecule has 0 saturated heterocycles. The fourth-order valence-corrected chi connectivity index (χ4v) is 5.80. The highest BCUT2D eigenvalue weighted by molar-refractivity contribution is 5.99. The molecule has 6 heteroatoms. The van der Waals surface area contributed by atoms with Crippen molar-refractivity contribution in [3.63, 3.8) is 0 Å². The zero-order valence-corrected chi connectivity index (χ0v) is 23.3. The van der Waals surface area contributed by atoms with E-state index in [1.54, 1.807) is 0 Å². The Morgan fingerprint density at radius 2 is 1.26 bits per heavy atom. The molecule has 0 fully saturated rings. The Kier molecular flexibility index (Phi) is 6.31. The maximum Gasteiger partial charge on any atom is 0.196 e. The van der Waals surface area contributed by atoms with Gasteiger partial charge >= 0.3 is 0 Å². The van der Waals surface area contributed by atoms with Gasteiger partial charge in [-0.15, -0.1) is 0 Å². The lowest BCUT2D eigenvalue weighted by Gasteiger charge is -2.31. The van der Waals surface area contributed by atoms with Gasteiger partial charge in [-0.05, 0) is 40.8 Å². The number of amidine groups is 1. The van der Waals surface area contributed by atoms with Crippen molar-refractivity contribution < 1.29 is 4.74 Å². The van der Waals surface area contributed by atoms with Crippen LogP contribution in [0.15, 0.2) is 145 Å². The number of pyridine rings is 1. The molecule has 1 aromatic heterocycles. The van der Waals surface area contributed by atoms with E-state index in [-0.39, 0.29) is 18.6 Å². The minimum absolute atomic E-state index is 0.116. The molecule has 2 aliphatic heterocycles. The maximum absolute atomic E-state index is 6.46. The standard InChI is InChI=1S/C37H29N5O/c1-4-11-25(12-5-1)34-40-35(26-13-6-2-7-14-26)42-36(41-34)32-18-10-17-30(38-32)28-20-19-24-21-22-31-33(29(24)23-28)43-37(39-31)27-15-8-3-9-16-27/h1-23,34-35,37,39-40H,(H,41,42). The molecule has 0 amide bonds. The minimum atomic E-state index is -0.217. The zero-order chi connectivity index (χ0) is 28.6. The molecule has 8 rings (SSSR count). The lowest BCUT2D eigenvalue weighted by Crippen LogP contribution is -2.45. The van der Waals surface area contributed by atoms with E-state index in [2.05, 4.69) is 94.8 Å². The third kappa shape index (κ3) is 4.88. The summed E-state index contributed by atoms with van der Waals surface area (Å²) in [6, 6.07) is 47.7. The number of aliphatic imine (C=N–C) groups is 1. The van der Waals surface area contributed by atoms with E-state index < -0.39 is 0 Å². The first-order valence-corrected chi connectivity index (χ1v) is 14.5. The largest absolute Gasteiger partial charge is 0.464 e. The third-order valence-corrected chi connectivity index (χ3v) is 8.00. The molecule has 5 aromatic carbocycles. The van der Waals surface area contributed by atoms with Gasteiger partial charge in [0.25, 0.3) is 0 Å². The summed E-state index contributed by atoms with van der Waals surface area (Å²) in [5.41, 5.74) is 7.01. The first-order chi connectivity index (χ1) is 21.3. The fourth-order valence-electron chi connectivity index (χ4n) is 5.80. The van der Waals surface area contributed by atoms with Gasteiger partial charge < -0.3 is 15.4 Å². The lowest BCUT2D eigenvalue weighted by atomic mass is 10.0. The first kappa shape index (κ1) is 25.3.